The molecule has 3 N–H and O–H groups in total. The van der Waals surface area contributed by atoms with E-state index in [-0.39, 0.29) is 30.2 Å². The van der Waals surface area contributed by atoms with Crippen LogP contribution in [0.3, 0.4) is 0 Å². The summed E-state index contributed by atoms with van der Waals surface area (Å²) >= 11 is 0. The van der Waals surface area contributed by atoms with Gasteiger partial charge >= 0.3 is 5.97 Å². The van der Waals surface area contributed by atoms with Gasteiger partial charge in [-0.1, -0.05) is 36.8 Å². The van der Waals surface area contributed by atoms with Crippen LogP contribution < -0.4 is 15.4 Å². The summed E-state index contributed by atoms with van der Waals surface area (Å²) in [5.74, 6) is -0.445. The van der Waals surface area contributed by atoms with Gasteiger partial charge in [0.2, 0.25) is 5.91 Å². The predicted molar refractivity (Wildman–Crippen MR) is 114 cm³/mol. The number of carbonyl (C=O) groups excluding carboxylic acids is 1. The third kappa shape index (κ3) is 4.13. The summed E-state index contributed by atoms with van der Waals surface area (Å²) < 4.78 is 5.81. The van der Waals surface area contributed by atoms with E-state index in [2.05, 4.69) is 23.1 Å². The van der Waals surface area contributed by atoms with Gasteiger partial charge in [0.05, 0.1) is 6.61 Å². The first-order chi connectivity index (χ1) is 14.5. The van der Waals surface area contributed by atoms with Crippen molar-refractivity contribution in [2.24, 2.45) is 11.7 Å². The highest BCUT2D eigenvalue weighted by atomic mass is 16.5. The lowest BCUT2D eigenvalue weighted by Gasteiger charge is -2.37. The molecule has 3 unspecified atom stereocenters. The predicted octanol–water partition coefficient (Wildman–Crippen LogP) is 3.69. The molecule has 1 aliphatic heterocycles. The molecular weight excluding hydrogens is 380 g/mol. The summed E-state index contributed by atoms with van der Waals surface area (Å²) in [5.41, 5.74) is 9.29. The van der Waals surface area contributed by atoms with E-state index in [1.807, 2.05) is 30.3 Å². The minimum absolute atomic E-state index is 0.0672. The van der Waals surface area contributed by atoms with Crippen LogP contribution in [0, 0.1) is 5.92 Å². The number of fused-ring (bicyclic) bond motifs is 3. The molecule has 1 aliphatic carbocycles. The topological polar surface area (TPSA) is 92.9 Å². The van der Waals surface area contributed by atoms with Crippen LogP contribution in [0.1, 0.15) is 49.1 Å². The number of amides is 1. The first kappa shape index (κ1) is 20.3. The number of nitrogens with zero attached hydrogens (tertiary/aromatic N) is 1. The van der Waals surface area contributed by atoms with Crippen molar-refractivity contribution in [2.75, 3.05) is 11.5 Å². The summed E-state index contributed by atoms with van der Waals surface area (Å²) in [6.45, 7) is 1.14. The molecule has 4 rings (SSSR count). The van der Waals surface area contributed by atoms with Crippen LogP contribution in [0.5, 0.6) is 5.75 Å². The fourth-order valence-corrected chi connectivity index (χ4v) is 4.99. The number of nitrogens with two attached hydrogens (primary N) is 1. The van der Waals surface area contributed by atoms with E-state index < -0.39 is 5.97 Å². The Morgan fingerprint density at radius 2 is 1.93 bits per heavy atom. The van der Waals surface area contributed by atoms with Gasteiger partial charge < -0.3 is 20.5 Å². The van der Waals surface area contributed by atoms with E-state index in [1.165, 1.54) is 5.56 Å². The standard InChI is InChI=1S/C24H28N2O4/c25-24(29)18-8-4-9-21-23(18)19-14-17(30-13-5-10-22(27)28)11-12-20(19)26(21)15-16-6-2-1-3-7-16/h1-3,6-7,11-12,14,18,21,23H,4-5,8-10,13,15H2,(H2,25,29)(H,27,28). The van der Waals surface area contributed by atoms with Gasteiger partial charge in [-0.3, -0.25) is 9.59 Å². The Labute approximate surface area is 176 Å². The highest BCUT2D eigenvalue weighted by Crippen LogP contribution is 2.51. The first-order valence-corrected chi connectivity index (χ1v) is 10.6. The average molecular weight is 408 g/mol. The second-order valence-electron chi connectivity index (χ2n) is 8.21. The maximum atomic E-state index is 12.2. The van der Waals surface area contributed by atoms with Gasteiger partial charge in [-0.2, -0.15) is 0 Å². The second kappa shape index (κ2) is 8.78. The number of ether oxygens (including phenoxy) is 1. The Balaban J connectivity index is 1.62. The number of primary amides is 1. The number of benzene rings is 2. The van der Waals surface area contributed by atoms with E-state index in [4.69, 9.17) is 15.6 Å². The number of anilines is 1. The van der Waals surface area contributed by atoms with Crippen LogP contribution >= 0.6 is 0 Å². The van der Waals surface area contributed by atoms with Crippen LogP contribution in [-0.2, 0) is 16.1 Å². The summed E-state index contributed by atoms with van der Waals surface area (Å²) in [4.78, 5) is 25.4. The zero-order chi connectivity index (χ0) is 21.1. The molecule has 1 heterocycles. The van der Waals surface area contributed by atoms with Crippen molar-refractivity contribution < 1.29 is 19.4 Å². The van der Waals surface area contributed by atoms with Gasteiger partial charge in [0.1, 0.15) is 5.75 Å². The van der Waals surface area contributed by atoms with Crippen molar-refractivity contribution in [1.82, 2.24) is 0 Å². The molecule has 2 aromatic carbocycles. The molecule has 2 aromatic rings. The molecule has 2 aliphatic rings. The smallest absolute Gasteiger partial charge is 0.303 e. The Bertz CT molecular complexity index is 915. The molecule has 0 radical (unpaired) electrons. The Kier molecular flexibility index (Phi) is 5.93. The number of hydrogen-bond acceptors (Lipinski definition) is 4. The molecule has 0 saturated heterocycles. The summed E-state index contributed by atoms with van der Waals surface area (Å²) in [7, 11) is 0. The van der Waals surface area contributed by atoms with Crippen LogP contribution in [0.4, 0.5) is 5.69 Å². The maximum Gasteiger partial charge on any atom is 0.303 e. The van der Waals surface area contributed by atoms with Gasteiger partial charge in [0, 0.05) is 36.5 Å². The molecule has 6 heteroatoms. The van der Waals surface area contributed by atoms with Crippen LogP contribution in [0.25, 0.3) is 0 Å². The SMILES string of the molecule is NC(=O)C1CCCC2C1c1cc(OCCCC(=O)O)ccc1N2Cc1ccccc1. The van der Waals surface area contributed by atoms with E-state index in [1.54, 1.807) is 0 Å². The Morgan fingerprint density at radius 3 is 2.67 bits per heavy atom. The summed E-state index contributed by atoms with van der Waals surface area (Å²) in [5, 5.41) is 8.79. The highest BCUT2D eigenvalue weighted by molar-refractivity contribution is 5.80. The fourth-order valence-electron chi connectivity index (χ4n) is 4.99. The number of hydrogen-bond donors (Lipinski definition) is 2. The normalized spacial score (nSPS) is 22.3. The minimum atomic E-state index is -0.821. The lowest BCUT2D eigenvalue weighted by molar-refractivity contribution is -0.137. The fraction of sp³-hybridized carbons (Fsp3) is 0.417. The highest BCUT2D eigenvalue weighted by Gasteiger charge is 2.46. The van der Waals surface area contributed by atoms with E-state index in [0.717, 1.165) is 37.1 Å². The first-order valence-electron chi connectivity index (χ1n) is 10.6. The van der Waals surface area contributed by atoms with Crippen molar-refractivity contribution in [3.05, 3.63) is 59.7 Å². The molecule has 0 bridgehead atoms. The number of carboxylic acids is 1. The lowest BCUT2D eigenvalue weighted by Crippen LogP contribution is -2.42. The molecule has 30 heavy (non-hydrogen) atoms. The molecular formula is C24H28N2O4. The van der Waals surface area contributed by atoms with Gasteiger partial charge in [-0.15, -0.1) is 0 Å². The molecule has 1 fully saturated rings. The van der Waals surface area contributed by atoms with E-state index in [9.17, 15) is 9.59 Å². The quantitative estimate of drug-likeness (QED) is 0.650. The third-order valence-electron chi connectivity index (χ3n) is 6.30. The van der Waals surface area contributed by atoms with Crippen LogP contribution in [-0.4, -0.2) is 29.6 Å². The second-order valence-corrected chi connectivity index (χ2v) is 8.21. The van der Waals surface area contributed by atoms with Crippen molar-refractivity contribution in [1.29, 1.82) is 0 Å². The number of carbonyl (C=O) groups is 2. The largest absolute Gasteiger partial charge is 0.494 e. The number of carboxylic acid groups (broad SMARTS) is 1. The molecule has 1 saturated carbocycles. The van der Waals surface area contributed by atoms with Gasteiger partial charge in [-0.05, 0) is 48.6 Å². The summed E-state index contributed by atoms with van der Waals surface area (Å²) in [6, 6.07) is 16.6. The van der Waals surface area contributed by atoms with Gasteiger partial charge in [-0.25, -0.2) is 0 Å². The van der Waals surface area contributed by atoms with E-state index in [0.29, 0.717) is 18.8 Å². The van der Waals surface area contributed by atoms with Crippen LogP contribution in [0.15, 0.2) is 48.5 Å². The van der Waals surface area contributed by atoms with Crippen molar-refractivity contribution >= 4 is 17.6 Å². The number of aliphatic carboxylic acids is 1. The van der Waals surface area contributed by atoms with Crippen molar-refractivity contribution in [3.63, 3.8) is 0 Å². The third-order valence-corrected chi connectivity index (χ3v) is 6.30. The van der Waals surface area contributed by atoms with Gasteiger partial charge in [0.25, 0.3) is 0 Å². The molecule has 0 spiro atoms. The average Bonchev–Trinajstić information content (AvgIpc) is 3.05. The lowest BCUT2D eigenvalue weighted by atomic mass is 9.73. The molecule has 0 aromatic heterocycles. The van der Waals surface area contributed by atoms with Gasteiger partial charge in [0.15, 0.2) is 0 Å². The minimum Gasteiger partial charge on any atom is -0.494 e. The zero-order valence-electron chi connectivity index (χ0n) is 17.0. The number of rotatable bonds is 8. The van der Waals surface area contributed by atoms with Crippen molar-refractivity contribution in [3.8, 4) is 5.75 Å². The Morgan fingerprint density at radius 1 is 1.13 bits per heavy atom. The van der Waals surface area contributed by atoms with Crippen LogP contribution in [0.2, 0.25) is 0 Å². The molecule has 1 amide bonds. The summed E-state index contributed by atoms with van der Waals surface area (Å²) in [6.07, 6.45) is 3.39. The monoisotopic (exact) mass is 408 g/mol. The van der Waals surface area contributed by atoms with Crippen molar-refractivity contribution in [2.45, 2.75) is 50.6 Å². The molecule has 158 valence electrons. The molecule has 3 atom stereocenters. The zero-order valence-corrected chi connectivity index (χ0v) is 17.0. The Hall–Kier alpha value is -3.02. The van der Waals surface area contributed by atoms with E-state index >= 15 is 0 Å². The maximum absolute atomic E-state index is 12.2. The molecule has 6 nitrogen and oxygen atoms in total.